The van der Waals surface area contributed by atoms with Crippen molar-refractivity contribution < 1.29 is 33.1 Å². The molecular formula is C21H20N2O8. The minimum absolute atomic E-state index is 0.0441. The van der Waals surface area contributed by atoms with E-state index in [9.17, 15) is 19.7 Å². The number of cyclic esters (lactones) is 2. The van der Waals surface area contributed by atoms with E-state index in [0.717, 1.165) is 0 Å². The van der Waals surface area contributed by atoms with Crippen LogP contribution in [0.15, 0.2) is 40.3 Å². The lowest BCUT2D eigenvalue weighted by Gasteiger charge is -2.29. The van der Waals surface area contributed by atoms with E-state index in [2.05, 4.69) is 0 Å². The maximum absolute atomic E-state index is 12.1. The molecule has 0 atom stereocenters. The second-order valence-corrected chi connectivity index (χ2v) is 7.50. The molecule has 0 spiro atoms. The first-order valence-corrected chi connectivity index (χ1v) is 9.63. The van der Waals surface area contributed by atoms with Crippen LogP contribution in [0.5, 0.6) is 0 Å². The maximum Gasteiger partial charge on any atom is 0.348 e. The average Bonchev–Trinajstić information content (AvgIpc) is 3.19. The number of hydrogen-bond acceptors (Lipinski definition) is 9. The van der Waals surface area contributed by atoms with Crippen molar-refractivity contribution in [1.29, 1.82) is 0 Å². The van der Waals surface area contributed by atoms with Gasteiger partial charge in [-0.2, -0.15) is 0 Å². The summed E-state index contributed by atoms with van der Waals surface area (Å²) in [6.07, 6.45) is 1.22. The van der Waals surface area contributed by atoms with Crippen molar-refractivity contribution in [1.82, 2.24) is 0 Å². The Morgan fingerprint density at radius 3 is 2.39 bits per heavy atom. The molecule has 31 heavy (non-hydrogen) atoms. The molecule has 2 fully saturated rings. The minimum atomic E-state index is -1.33. The van der Waals surface area contributed by atoms with Crippen LogP contribution in [0.2, 0.25) is 0 Å². The van der Waals surface area contributed by atoms with Gasteiger partial charge in [-0.1, -0.05) is 0 Å². The van der Waals surface area contributed by atoms with Crippen molar-refractivity contribution in [2.24, 2.45) is 0 Å². The molecule has 162 valence electrons. The first-order valence-electron chi connectivity index (χ1n) is 9.63. The van der Waals surface area contributed by atoms with Crippen LogP contribution in [0.4, 0.5) is 11.4 Å². The number of nitro benzene ring substituents is 1. The zero-order valence-electron chi connectivity index (χ0n) is 17.0. The Labute approximate surface area is 177 Å². The number of esters is 2. The SMILES string of the molecule is CC1(C)OC(=O)C(=Cc2ccc(-c3ccc(N4CCOCC4)c([N+](=O)[O-])c3)o2)C(=O)O1. The molecule has 0 bridgehead atoms. The number of carbonyl (C=O) groups is 2. The van der Waals surface area contributed by atoms with E-state index >= 15 is 0 Å². The third-order valence-electron chi connectivity index (χ3n) is 4.84. The second-order valence-electron chi connectivity index (χ2n) is 7.50. The molecule has 1 aromatic carbocycles. The Hall–Kier alpha value is -3.66. The van der Waals surface area contributed by atoms with E-state index < -0.39 is 22.6 Å². The second kappa shape index (κ2) is 7.88. The molecule has 0 saturated carbocycles. The number of morpholine rings is 1. The lowest BCUT2D eigenvalue weighted by Crippen LogP contribution is -2.41. The summed E-state index contributed by atoms with van der Waals surface area (Å²) < 4.78 is 21.1. The van der Waals surface area contributed by atoms with Crippen LogP contribution >= 0.6 is 0 Å². The third-order valence-corrected chi connectivity index (χ3v) is 4.84. The fourth-order valence-corrected chi connectivity index (χ4v) is 3.40. The van der Waals surface area contributed by atoms with Gasteiger partial charge in [0.05, 0.1) is 18.1 Å². The average molecular weight is 428 g/mol. The fraction of sp³-hybridized carbons (Fsp3) is 0.333. The number of rotatable bonds is 4. The van der Waals surface area contributed by atoms with Gasteiger partial charge in [0, 0.05) is 44.6 Å². The Morgan fingerprint density at radius 2 is 1.74 bits per heavy atom. The lowest BCUT2D eigenvalue weighted by atomic mass is 10.1. The number of hydrogen-bond donors (Lipinski definition) is 0. The highest BCUT2D eigenvalue weighted by molar-refractivity contribution is 6.18. The molecular weight excluding hydrogens is 408 g/mol. The van der Waals surface area contributed by atoms with Crippen LogP contribution in [0.3, 0.4) is 0 Å². The molecule has 10 heteroatoms. The number of anilines is 1. The van der Waals surface area contributed by atoms with Gasteiger partial charge in [0.25, 0.3) is 11.5 Å². The minimum Gasteiger partial charge on any atom is -0.457 e. The summed E-state index contributed by atoms with van der Waals surface area (Å²) in [7, 11) is 0. The summed E-state index contributed by atoms with van der Waals surface area (Å²) in [6.45, 7) is 5.08. The van der Waals surface area contributed by atoms with Crippen molar-refractivity contribution in [2.45, 2.75) is 19.6 Å². The lowest BCUT2D eigenvalue weighted by molar-refractivity contribution is -0.384. The molecule has 2 saturated heterocycles. The van der Waals surface area contributed by atoms with Crippen LogP contribution in [0.1, 0.15) is 19.6 Å². The Kier molecular flexibility index (Phi) is 5.24. The van der Waals surface area contributed by atoms with Crippen molar-refractivity contribution >= 4 is 29.4 Å². The molecule has 0 N–H and O–H groups in total. The van der Waals surface area contributed by atoms with Gasteiger partial charge in [-0.05, 0) is 24.3 Å². The summed E-state index contributed by atoms with van der Waals surface area (Å²) in [5.41, 5.74) is 0.663. The highest BCUT2D eigenvalue weighted by atomic mass is 16.7. The van der Waals surface area contributed by atoms with Gasteiger partial charge in [0.2, 0.25) is 0 Å². The van der Waals surface area contributed by atoms with E-state index in [1.165, 1.54) is 26.0 Å². The summed E-state index contributed by atoms with van der Waals surface area (Å²) in [4.78, 5) is 37.3. The fourth-order valence-electron chi connectivity index (χ4n) is 3.40. The summed E-state index contributed by atoms with van der Waals surface area (Å²) >= 11 is 0. The number of furan rings is 1. The first-order chi connectivity index (χ1) is 14.7. The van der Waals surface area contributed by atoms with Gasteiger partial charge in [-0.15, -0.1) is 0 Å². The van der Waals surface area contributed by atoms with Crippen molar-refractivity contribution in [3.63, 3.8) is 0 Å². The van der Waals surface area contributed by atoms with E-state index in [0.29, 0.717) is 43.3 Å². The van der Waals surface area contributed by atoms with E-state index in [4.69, 9.17) is 18.6 Å². The molecule has 4 rings (SSSR count). The molecule has 0 amide bonds. The number of carbonyl (C=O) groups excluding carboxylic acids is 2. The smallest absolute Gasteiger partial charge is 0.348 e. The Morgan fingerprint density at radius 1 is 1.06 bits per heavy atom. The highest BCUT2D eigenvalue weighted by Gasteiger charge is 2.39. The first kappa shape index (κ1) is 20.6. The van der Waals surface area contributed by atoms with Gasteiger partial charge >= 0.3 is 11.9 Å². The summed E-state index contributed by atoms with van der Waals surface area (Å²) in [5, 5.41) is 11.6. The molecule has 2 aromatic rings. The number of nitrogens with zero attached hydrogens (tertiary/aromatic N) is 2. The predicted octanol–water partition coefficient (Wildman–Crippen LogP) is 2.91. The molecule has 2 aliphatic rings. The van der Waals surface area contributed by atoms with Gasteiger partial charge in [-0.3, -0.25) is 10.1 Å². The largest absolute Gasteiger partial charge is 0.457 e. The van der Waals surface area contributed by atoms with E-state index in [1.807, 2.05) is 4.90 Å². The number of benzene rings is 1. The molecule has 0 aliphatic carbocycles. The van der Waals surface area contributed by atoms with Crippen LogP contribution in [0.25, 0.3) is 17.4 Å². The molecule has 2 aliphatic heterocycles. The Balaban J connectivity index is 1.62. The van der Waals surface area contributed by atoms with Gasteiger partial charge in [0.1, 0.15) is 22.8 Å². The van der Waals surface area contributed by atoms with E-state index in [1.54, 1.807) is 24.3 Å². The predicted molar refractivity (Wildman–Crippen MR) is 108 cm³/mol. The molecule has 1 aromatic heterocycles. The van der Waals surface area contributed by atoms with Crippen LogP contribution in [-0.2, 0) is 23.8 Å². The van der Waals surface area contributed by atoms with Crippen molar-refractivity contribution in [3.05, 3.63) is 51.8 Å². The van der Waals surface area contributed by atoms with Gasteiger partial charge in [0.15, 0.2) is 0 Å². The quantitative estimate of drug-likeness (QED) is 0.238. The summed E-state index contributed by atoms with van der Waals surface area (Å²) in [5.74, 6) is -2.41. The molecule has 0 unspecified atom stereocenters. The molecule has 0 radical (unpaired) electrons. The van der Waals surface area contributed by atoms with Crippen LogP contribution in [-0.4, -0.2) is 49.0 Å². The zero-order chi connectivity index (χ0) is 22.2. The zero-order valence-corrected chi connectivity index (χ0v) is 17.0. The molecule has 3 heterocycles. The van der Waals surface area contributed by atoms with Crippen LogP contribution < -0.4 is 4.90 Å². The number of nitro groups is 1. The highest BCUT2D eigenvalue weighted by Crippen LogP contribution is 2.34. The van der Waals surface area contributed by atoms with Gasteiger partial charge < -0.3 is 23.5 Å². The third kappa shape index (κ3) is 4.29. The topological polar surface area (TPSA) is 121 Å². The van der Waals surface area contributed by atoms with E-state index in [-0.39, 0.29) is 17.0 Å². The van der Waals surface area contributed by atoms with Crippen LogP contribution in [0, 0.1) is 10.1 Å². The normalized spacial score (nSPS) is 18.4. The van der Waals surface area contributed by atoms with Gasteiger partial charge in [-0.25, -0.2) is 9.59 Å². The monoisotopic (exact) mass is 428 g/mol. The molecule has 10 nitrogen and oxygen atoms in total. The standard InChI is InChI=1S/C21H20N2O8/c1-21(2)30-19(24)15(20(25)31-21)12-14-4-6-18(29-14)13-3-5-16(17(11-13)23(26)27)22-7-9-28-10-8-22/h3-6,11-12H,7-10H2,1-2H3. The summed E-state index contributed by atoms with van der Waals surface area (Å²) in [6, 6.07) is 7.98. The number of ether oxygens (including phenoxy) is 3. The maximum atomic E-state index is 12.1. The van der Waals surface area contributed by atoms with Crippen molar-refractivity contribution in [3.8, 4) is 11.3 Å². The van der Waals surface area contributed by atoms with Crippen molar-refractivity contribution in [2.75, 3.05) is 31.2 Å². The Bertz CT molecular complexity index is 1060.